The highest BCUT2D eigenvalue weighted by atomic mass is 16.5. The number of fused-ring (bicyclic) bond motifs is 1. The van der Waals surface area contributed by atoms with Gasteiger partial charge in [-0.25, -0.2) is 9.97 Å². The molecule has 4 rings (SSSR count). The number of amides is 1. The molecule has 1 aliphatic heterocycles. The number of aromatic nitrogens is 4. The van der Waals surface area contributed by atoms with Crippen LogP contribution in [0.1, 0.15) is 47.5 Å². The molecule has 8 nitrogen and oxygen atoms in total. The molecule has 8 heteroatoms. The summed E-state index contributed by atoms with van der Waals surface area (Å²) in [6.45, 7) is 8.24. The smallest absolute Gasteiger partial charge is 0.252 e. The van der Waals surface area contributed by atoms with Gasteiger partial charge in [-0.15, -0.1) is 0 Å². The van der Waals surface area contributed by atoms with Crippen molar-refractivity contribution in [3.05, 3.63) is 52.5 Å². The van der Waals surface area contributed by atoms with Crippen LogP contribution in [0.3, 0.4) is 0 Å². The quantitative estimate of drug-likeness (QED) is 0.696. The summed E-state index contributed by atoms with van der Waals surface area (Å²) in [5, 5.41) is 7.64. The molecule has 0 saturated heterocycles. The first kappa shape index (κ1) is 19.9. The Morgan fingerprint density at radius 2 is 1.87 bits per heavy atom. The number of carbonyl (C=O) groups is 1. The normalized spacial score (nSPS) is 15.5. The highest BCUT2D eigenvalue weighted by molar-refractivity contribution is 5.95. The van der Waals surface area contributed by atoms with Crippen molar-refractivity contribution in [3.63, 3.8) is 0 Å². The molecule has 30 heavy (non-hydrogen) atoms. The molecule has 1 aromatic carbocycles. The maximum absolute atomic E-state index is 12.6. The molecular formula is C22H25N5O3. The third-order valence-corrected chi connectivity index (χ3v) is 5.15. The van der Waals surface area contributed by atoms with E-state index in [0.717, 1.165) is 28.2 Å². The molecule has 1 amide bonds. The number of aryl methyl sites for hydroxylation is 3. The van der Waals surface area contributed by atoms with Gasteiger partial charge in [-0.2, -0.15) is 9.78 Å². The minimum Gasteiger partial charge on any atom is -0.493 e. The molecule has 0 radical (unpaired) electrons. The fourth-order valence-electron chi connectivity index (χ4n) is 3.95. The number of nitrogens with zero attached hydrogens (tertiary/aromatic N) is 4. The van der Waals surface area contributed by atoms with Crippen molar-refractivity contribution in [3.8, 4) is 17.4 Å². The fourth-order valence-corrected chi connectivity index (χ4v) is 3.95. The summed E-state index contributed by atoms with van der Waals surface area (Å²) in [7, 11) is 1.61. The van der Waals surface area contributed by atoms with Gasteiger partial charge in [0.25, 0.3) is 5.95 Å². The summed E-state index contributed by atoms with van der Waals surface area (Å²) in [6, 6.07) is 7.70. The SMILES string of the molecule is CCOc1ccc([C@H]2CC(=O)Nc3c2c(C)nn3-c2nc(C)cc(C)n2)cc1OC. The number of benzene rings is 1. The summed E-state index contributed by atoms with van der Waals surface area (Å²) in [4.78, 5) is 21.6. The van der Waals surface area contributed by atoms with Gasteiger partial charge >= 0.3 is 0 Å². The van der Waals surface area contributed by atoms with Crippen LogP contribution < -0.4 is 14.8 Å². The van der Waals surface area contributed by atoms with Crippen molar-refractivity contribution in [2.45, 2.75) is 40.0 Å². The topological polar surface area (TPSA) is 91.2 Å². The third kappa shape index (κ3) is 3.49. The summed E-state index contributed by atoms with van der Waals surface area (Å²) < 4.78 is 12.8. The Morgan fingerprint density at radius 1 is 1.13 bits per heavy atom. The van der Waals surface area contributed by atoms with E-state index in [0.29, 0.717) is 36.3 Å². The lowest BCUT2D eigenvalue weighted by molar-refractivity contribution is -0.116. The molecule has 0 fully saturated rings. The lowest BCUT2D eigenvalue weighted by Crippen LogP contribution is -2.25. The molecule has 0 bridgehead atoms. The largest absolute Gasteiger partial charge is 0.493 e. The highest BCUT2D eigenvalue weighted by Crippen LogP contribution is 2.42. The van der Waals surface area contributed by atoms with E-state index in [1.54, 1.807) is 11.8 Å². The molecule has 1 atom stereocenters. The van der Waals surface area contributed by atoms with Crippen LogP contribution in [0.5, 0.6) is 11.5 Å². The van der Waals surface area contributed by atoms with E-state index in [-0.39, 0.29) is 11.8 Å². The molecule has 3 aromatic rings. The number of carbonyl (C=O) groups excluding carboxylic acids is 1. The number of nitrogens with one attached hydrogen (secondary N) is 1. The monoisotopic (exact) mass is 407 g/mol. The molecule has 0 spiro atoms. The molecule has 2 aromatic heterocycles. The second-order valence-corrected chi connectivity index (χ2v) is 7.36. The number of hydrogen-bond acceptors (Lipinski definition) is 6. The van der Waals surface area contributed by atoms with E-state index >= 15 is 0 Å². The van der Waals surface area contributed by atoms with Crippen LogP contribution in [0.15, 0.2) is 24.3 Å². The summed E-state index contributed by atoms with van der Waals surface area (Å²) in [5.74, 6) is 2.15. The van der Waals surface area contributed by atoms with Gasteiger partial charge in [0.15, 0.2) is 11.5 Å². The summed E-state index contributed by atoms with van der Waals surface area (Å²) >= 11 is 0. The number of anilines is 1. The zero-order valence-electron chi connectivity index (χ0n) is 17.8. The van der Waals surface area contributed by atoms with E-state index in [1.807, 2.05) is 52.0 Å². The number of methoxy groups -OCH3 is 1. The van der Waals surface area contributed by atoms with Gasteiger partial charge in [0.05, 0.1) is 19.4 Å². The Bertz CT molecular complexity index is 1100. The maximum atomic E-state index is 12.6. The maximum Gasteiger partial charge on any atom is 0.252 e. The highest BCUT2D eigenvalue weighted by Gasteiger charge is 2.33. The zero-order chi connectivity index (χ0) is 21.4. The van der Waals surface area contributed by atoms with Gasteiger partial charge in [0.1, 0.15) is 5.82 Å². The van der Waals surface area contributed by atoms with Crippen molar-refractivity contribution >= 4 is 11.7 Å². The zero-order valence-corrected chi connectivity index (χ0v) is 17.8. The van der Waals surface area contributed by atoms with Crippen molar-refractivity contribution in [1.29, 1.82) is 0 Å². The molecule has 3 heterocycles. The van der Waals surface area contributed by atoms with Crippen LogP contribution in [0.25, 0.3) is 5.95 Å². The standard InChI is InChI=1S/C22H25N5O3/c1-6-30-17-8-7-15(10-18(17)29-5)16-11-19(28)25-21-20(16)14(4)26-27(21)22-23-12(2)9-13(3)24-22/h7-10,16H,6,11H2,1-5H3,(H,25,28)/t16-/m1/s1. The van der Waals surface area contributed by atoms with E-state index in [4.69, 9.17) is 9.47 Å². The average Bonchev–Trinajstić information content (AvgIpc) is 3.03. The molecule has 0 unspecified atom stereocenters. The molecule has 1 N–H and O–H groups in total. The summed E-state index contributed by atoms with van der Waals surface area (Å²) in [5.41, 5.74) is 4.44. The van der Waals surface area contributed by atoms with Crippen molar-refractivity contribution in [2.75, 3.05) is 19.0 Å². The van der Waals surface area contributed by atoms with Gasteiger partial charge in [0.2, 0.25) is 5.91 Å². The van der Waals surface area contributed by atoms with E-state index in [2.05, 4.69) is 20.4 Å². The number of rotatable bonds is 5. The first-order chi connectivity index (χ1) is 14.4. The van der Waals surface area contributed by atoms with Crippen molar-refractivity contribution in [1.82, 2.24) is 19.7 Å². The molecule has 1 aliphatic rings. The first-order valence-corrected chi connectivity index (χ1v) is 9.94. The predicted molar refractivity (Wildman–Crippen MR) is 113 cm³/mol. The number of ether oxygens (including phenoxy) is 2. The third-order valence-electron chi connectivity index (χ3n) is 5.15. The molecule has 156 valence electrons. The van der Waals surface area contributed by atoms with E-state index in [9.17, 15) is 4.79 Å². The van der Waals surface area contributed by atoms with Crippen molar-refractivity contribution < 1.29 is 14.3 Å². The summed E-state index contributed by atoms with van der Waals surface area (Å²) in [6.07, 6.45) is 0.324. The minimum absolute atomic E-state index is 0.0779. The fraction of sp³-hybridized carbons (Fsp3) is 0.364. The van der Waals surface area contributed by atoms with Crippen LogP contribution in [-0.4, -0.2) is 39.4 Å². The van der Waals surface area contributed by atoms with Crippen LogP contribution in [-0.2, 0) is 4.79 Å². The molecule has 0 aliphatic carbocycles. The van der Waals surface area contributed by atoms with Crippen LogP contribution in [0, 0.1) is 20.8 Å². The van der Waals surface area contributed by atoms with Crippen LogP contribution >= 0.6 is 0 Å². The van der Waals surface area contributed by atoms with Crippen LogP contribution in [0.2, 0.25) is 0 Å². The molecule has 0 saturated carbocycles. The van der Waals surface area contributed by atoms with Gasteiger partial charge in [-0.3, -0.25) is 4.79 Å². The van der Waals surface area contributed by atoms with Gasteiger partial charge in [-0.1, -0.05) is 6.07 Å². The second kappa shape index (κ2) is 7.78. The predicted octanol–water partition coefficient (Wildman–Crippen LogP) is 3.47. The first-order valence-electron chi connectivity index (χ1n) is 9.94. The molecular weight excluding hydrogens is 382 g/mol. The van der Waals surface area contributed by atoms with Crippen LogP contribution in [0.4, 0.5) is 5.82 Å². The Kier molecular flexibility index (Phi) is 5.15. The van der Waals surface area contributed by atoms with Gasteiger partial charge in [-0.05, 0) is 51.5 Å². The average molecular weight is 407 g/mol. The van der Waals surface area contributed by atoms with E-state index < -0.39 is 0 Å². The van der Waals surface area contributed by atoms with Crippen molar-refractivity contribution in [2.24, 2.45) is 0 Å². The Morgan fingerprint density at radius 3 is 2.53 bits per heavy atom. The minimum atomic E-state index is -0.155. The Hall–Kier alpha value is -3.42. The Balaban J connectivity index is 1.84. The van der Waals surface area contributed by atoms with Gasteiger partial charge < -0.3 is 14.8 Å². The Labute approximate surface area is 175 Å². The lowest BCUT2D eigenvalue weighted by Gasteiger charge is -2.25. The lowest BCUT2D eigenvalue weighted by atomic mass is 9.85. The number of hydrogen-bond donors (Lipinski definition) is 1. The van der Waals surface area contributed by atoms with E-state index in [1.165, 1.54) is 0 Å². The second-order valence-electron chi connectivity index (χ2n) is 7.36. The van der Waals surface area contributed by atoms with Gasteiger partial charge in [0, 0.05) is 29.3 Å².